The molecule has 3 aromatic rings. The molecule has 0 unspecified atom stereocenters. The number of hydrogen-bond acceptors (Lipinski definition) is 4. The van der Waals surface area contributed by atoms with Gasteiger partial charge in [-0.1, -0.05) is 12.1 Å². The van der Waals surface area contributed by atoms with Gasteiger partial charge in [-0.05, 0) is 29.0 Å². The highest BCUT2D eigenvalue weighted by molar-refractivity contribution is 7.26. The van der Waals surface area contributed by atoms with Crippen LogP contribution >= 0.6 is 34.0 Å². The van der Waals surface area contributed by atoms with E-state index in [0.717, 1.165) is 16.7 Å². The van der Waals surface area contributed by atoms with Gasteiger partial charge in [-0.15, -0.1) is 34.0 Å². The molecule has 0 amide bonds. The molecule has 0 aliphatic rings. The molecule has 0 spiro atoms. The minimum atomic E-state index is 0.792. The highest BCUT2D eigenvalue weighted by Gasteiger charge is 2.12. The van der Waals surface area contributed by atoms with E-state index in [0.29, 0.717) is 0 Å². The molecule has 0 saturated heterocycles. The fourth-order valence-electron chi connectivity index (χ4n) is 1.63. The van der Waals surface area contributed by atoms with Crippen molar-refractivity contribution in [1.82, 2.24) is 0 Å². The van der Waals surface area contributed by atoms with Gasteiger partial charge in [-0.25, -0.2) is 0 Å². The number of aldehydes is 1. The number of thiophene rings is 3. The molecule has 0 aliphatic heterocycles. The molecule has 0 aromatic carbocycles. The van der Waals surface area contributed by atoms with Crippen LogP contribution in [-0.4, -0.2) is 6.29 Å². The maximum atomic E-state index is 11.1. The summed E-state index contributed by atoms with van der Waals surface area (Å²) in [5.74, 6) is 0. The zero-order valence-electron chi connectivity index (χ0n) is 8.75. The summed E-state index contributed by atoms with van der Waals surface area (Å²) in [5.41, 5.74) is 0.792. The van der Waals surface area contributed by atoms with Crippen LogP contribution in [-0.2, 0) is 0 Å². The predicted octanol–water partition coefficient (Wildman–Crippen LogP) is 5.02. The van der Waals surface area contributed by atoms with E-state index >= 15 is 0 Å². The Balaban J connectivity index is 2.13. The van der Waals surface area contributed by atoms with Gasteiger partial charge in [0.2, 0.25) is 0 Å². The van der Waals surface area contributed by atoms with Crippen LogP contribution in [0.2, 0.25) is 0 Å². The van der Waals surface area contributed by atoms with Crippen molar-refractivity contribution in [3.63, 3.8) is 0 Å². The van der Waals surface area contributed by atoms with E-state index in [-0.39, 0.29) is 0 Å². The Morgan fingerprint density at radius 2 is 1.65 bits per heavy atom. The molecule has 0 atom stereocenters. The van der Waals surface area contributed by atoms with E-state index in [1.807, 2.05) is 23.6 Å². The molecule has 0 radical (unpaired) electrons. The molecule has 0 bridgehead atoms. The largest absolute Gasteiger partial charge is 0.298 e. The molecule has 1 nitrogen and oxygen atoms in total. The van der Waals surface area contributed by atoms with Crippen molar-refractivity contribution in [2.75, 3.05) is 0 Å². The number of carbonyl (C=O) groups excluding carboxylic acids is 1. The minimum absolute atomic E-state index is 0.792. The summed E-state index contributed by atoms with van der Waals surface area (Å²) >= 11 is 5.06. The third-order valence-electron chi connectivity index (χ3n) is 2.40. The molecule has 0 aliphatic carbocycles. The number of carbonyl (C=O) groups is 1. The van der Waals surface area contributed by atoms with Gasteiger partial charge in [0.05, 0.1) is 4.88 Å². The van der Waals surface area contributed by atoms with Gasteiger partial charge in [0.25, 0.3) is 0 Å². The first-order valence-corrected chi connectivity index (χ1v) is 7.63. The summed E-state index contributed by atoms with van der Waals surface area (Å²) in [6.45, 7) is 0. The SMILES string of the molecule is O=Cc1cc(-c2cccs2)sc1-c1cccs1. The molecule has 84 valence electrons. The van der Waals surface area contributed by atoms with Crippen LogP contribution in [0.5, 0.6) is 0 Å². The Hall–Kier alpha value is -1.23. The van der Waals surface area contributed by atoms with Gasteiger partial charge in [0.15, 0.2) is 6.29 Å². The summed E-state index contributed by atoms with van der Waals surface area (Å²) in [5, 5.41) is 4.09. The lowest BCUT2D eigenvalue weighted by Crippen LogP contribution is -1.75. The van der Waals surface area contributed by atoms with Crippen molar-refractivity contribution in [1.29, 1.82) is 0 Å². The Morgan fingerprint density at radius 3 is 2.24 bits per heavy atom. The van der Waals surface area contributed by atoms with Crippen LogP contribution in [0.25, 0.3) is 19.5 Å². The van der Waals surface area contributed by atoms with Gasteiger partial charge in [0.1, 0.15) is 0 Å². The van der Waals surface area contributed by atoms with Crippen molar-refractivity contribution < 1.29 is 4.79 Å². The molecule has 3 aromatic heterocycles. The quantitative estimate of drug-likeness (QED) is 0.614. The van der Waals surface area contributed by atoms with Gasteiger partial charge in [-0.3, -0.25) is 4.79 Å². The molecule has 3 rings (SSSR count). The number of rotatable bonds is 3. The second kappa shape index (κ2) is 4.56. The van der Waals surface area contributed by atoms with Crippen molar-refractivity contribution in [2.24, 2.45) is 0 Å². The summed E-state index contributed by atoms with van der Waals surface area (Å²) in [6, 6.07) is 10.2. The summed E-state index contributed by atoms with van der Waals surface area (Å²) in [6.07, 6.45) is 0.947. The molecule has 17 heavy (non-hydrogen) atoms. The second-order valence-electron chi connectivity index (χ2n) is 3.47. The Kier molecular flexibility index (Phi) is 2.93. The van der Waals surface area contributed by atoms with Crippen LogP contribution in [0, 0.1) is 0 Å². The second-order valence-corrected chi connectivity index (χ2v) is 6.42. The van der Waals surface area contributed by atoms with Gasteiger partial charge >= 0.3 is 0 Å². The highest BCUT2D eigenvalue weighted by Crippen LogP contribution is 2.40. The maximum absolute atomic E-state index is 11.1. The van der Waals surface area contributed by atoms with E-state index in [4.69, 9.17) is 0 Å². The first kappa shape index (κ1) is 10.9. The van der Waals surface area contributed by atoms with E-state index < -0.39 is 0 Å². The van der Waals surface area contributed by atoms with E-state index in [1.165, 1.54) is 14.6 Å². The molecule has 0 saturated carbocycles. The van der Waals surface area contributed by atoms with Crippen LogP contribution in [0.4, 0.5) is 0 Å². The zero-order valence-corrected chi connectivity index (χ0v) is 11.2. The minimum Gasteiger partial charge on any atom is -0.298 e. The first-order chi connectivity index (χ1) is 8.38. The molecule has 0 N–H and O–H groups in total. The summed E-state index contributed by atoms with van der Waals surface area (Å²) in [7, 11) is 0. The van der Waals surface area contributed by atoms with Crippen LogP contribution in [0.15, 0.2) is 41.1 Å². The average Bonchev–Trinajstić information content (AvgIpc) is 3.09. The highest BCUT2D eigenvalue weighted by atomic mass is 32.1. The molecule has 0 fully saturated rings. The first-order valence-electron chi connectivity index (χ1n) is 5.05. The predicted molar refractivity (Wildman–Crippen MR) is 76.3 cm³/mol. The molecular formula is C13H8OS3. The Morgan fingerprint density at radius 1 is 0.941 bits per heavy atom. The van der Waals surface area contributed by atoms with Gasteiger partial charge < -0.3 is 0 Å². The lowest BCUT2D eigenvalue weighted by Gasteiger charge is -1.91. The van der Waals surface area contributed by atoms with Crippen molar-refractivity contribution in [3.8, 4) is 19.5 Å². The van der Waals surface area contributed by atoms with Gasteiger partial charge in [-0.2, -0.15) is 0 Å². The van der Waals surface area contributed by atoms with Crippen molar-refractivity contribution in [2.45, 2.75) is 0 Å². The van der Waals surface area contributed by atoms with Crippen molar-refractivity contribution in [3.05, 3.63) is 46.7 Å². The lowest BCUT2D eigenvalue weighted by molar-refractivity contribution is 0.112. The third kappa shape index (κ3) is 1.99. The average molecular weight is 276 g/mol. The van der Waals surface area contributed by atoms with Crippen LogP contribution in [0.3, 0.4) is 0 Å². The monoisotopic (exact) mass is 276 g/mol. The smallest absolute Gasteiger partial charge is 0.151 e. The summed E-state index contributed by atoms with van der Waals surface area (Å²) < 4.78 is 0. The van der Waals surface area contributed by atoms with E-state index in [9.17, 15) is 4.79 Å². The maximum Gasteiger partial charge on any atom is 0.151 e. The molecular weight excluding hydrogens is 268 g/mol. The van der Waals surface area contributed by atoms with Crippen LogP contribution in [0.1, 0.15) is 10.4 Å². The normalized spacial score (nSPS) is 10.6. The topological polar surface area (TPSA) is 17.1 Å². The third-order valence-corrected chi connectivity index (χ3v) is 5.66. The zero-order chi connectivity index (χ0) is 11.7. The Bertz CT molecular complexity index is 618. The molecule has 3 heterocycles. The fraction of sp³-hybridized carbons (Fsp3) is 0. The van der Waals surface area contributed by atoms with Crippen LogP contribution < -0.4 is 0 Å². The molecule has 4 heteroatoms. The fourth-order valence-corrected chi connectivity index (χ4v) is 4.46. The van der Waals surface area contributed by atoms with E-state index in [1.54, 1.807) is 34.0 Å². The lowest BCUT2D eigenvalue weighted by atomic mass is 10.2. The standard InChI is InChI=1S/C13H8OS3/c14-8-9-7-12(10-3-1-5-15-10)17-13(9)11-4-2-6-16-11/h1-8H. The van der Waals surface area contributed by atoms with Gasteiger partial charge in [0, 0.05) is 20.2 Å². The van der Waals surface area contributed by atoms with E-state index in [2.05, 4.69) is 17.5 Å². The summed E-state index contributed by atoms with van der Waals surface area (Å²) in [4.78, 5) is 15.8. The Labute approximate surface area is 111 Å². The van der Waals surface area contributed by atoms with Crippen molar-refractivity contribution >= 4 is 40.3 Å². The number of hydrogen-bond donors (Lipinski definition) is 0.